The molecule has 1 N–H and O–H groups in total. The van der Waals surface area contributed by atoms with Gasteiger partial charge in [0.05, 0.1) is 6.54 Å². The Balaban J connectivity index is 2.60. The fourth-order valence-electron chi connectivity index (χ4n) is 1.06. The number of hydrogen-bond donors (Lipinski definition) is 1. The molecule has 0 spiro atoms. The number of halogens is 3. The Bertz CT molecular complexity index is 387. The van der Waals surface area contributed by atoms with Crippen LogP contribution in [0.15, 0.2) is 18.3 Å². The minimum atomic E-state index is -4.43. The number of pyridine rings is 1. The molecule has 0 aliphatic rings. The normalized spacial score (nSPS) is 14.6. The highest BCUT2D eigenvalue weighted by molar-refractivity contribution is 7.90. The second kappa shape index (κ2) is 5.46. The predicted octanol–water partition coefficient (Wildman–Crippen LogP) is 2.65. The Morgan fingerprint density at radius 2 is 1.89 bits per heavy atom. The third-order valence-electron chi connectivity index (χ3n) is 2.08. The van der Waals surface area contributed by atoms with E-state index in [1.54, 1.807) is 20.8 Å². The van der Waals surface area contributed by atoms with Crippen LogP contribution in [0.1, 0.15) is 32.0 Å². The molecule has 0 aromatic carbocycles. The van der Waals surface area contributed by atoms with Gasteiger partial charge in [0.1, 0.15) is 10.4 Å². The van der Waals surface area contributed by atoms with Crippen LogP contribution in [0, 0.1) is 0 Å². The predicted molar refractivity (Wildman–Crippen MR) is 64.0 cm³/mol. The summed E-state index contributed by atoms with van der Waals surface area (Å²) >= 11 is -1.26. The van der Waals surface area contributed by atoms with Crippen molar-refractivity contribution in [3.05, 3.63) is 29.6 Å². The van der Waals surface area contributed by atoms with E-state index in [-0.39, 0.29) is 6.54 Å². The number of aromatic nitrogens is 1. The van der Waals surface area contributed by atoms with Crippen molar-refractivity contribution in [3.8, 4) is 0 Å². The molecule has 0 aliphatic heterocycles. The van der Waals surface area contributed by atoms with E-state index < -0.39 is 28.0 Å². The van der Waals surface area contributed by atoms with Crippen LogP contribution in [-0.2, 0) is 24.1 Å². The largest absolute Gasteiger partial charge is 0.598 e. The number of rotatable bonds is 3. The van der Waals surface area contributed by atoms with Crippen molar-refractivity contribution in [2.24, 2.45) is 0 Å². The minimum absolute atomic E-state index is 0.217. The Morgan fingerprint density at radius 3 is 2.28 bits per heavy atom. The van der Waals surface area contributed by atoms with E-state index in [9.17, 15) is 17.7 Å². The maximum Gasteiger partial charge on any atom is 0.433 e. The van der Waals surface area contributed by atoms with Crippen LogP contribution in [0.3, 0.4) is 0 Å². The molecule has 102 valence electrons. The monoisotopic (exact) mass is 280 g/mol. The SMILES string of the molecule is CC(C)(C)[S+]([O-])NCc1ccc(C(F)(F)F)nc1. The third kappa shape index (κ3) is 4.47. The molecule has 1 aromatic rings. The zero-order chi connectivity index (χ0) is 14.0. The van der Waals surface area contributed by atoms with E-state index >= 15 is 0 Å². The second-order valence-electron chi connectivity index (χ2n) is 4.75. The van der Waals surface area contributed by atoms with E-state index in [1.165, 1.54) is 6.07 Å². The summed E-state index contributed by atoms with van der Waals surface area (Å²) in [5, 5.41) is 0. The van der Waals surface area contributed by atoms with Crippen LogP contribution >= 0.6 is 0 Å². The van der Waals surface area contributed by atoms with Gasteiger partial charge in [0.15, 0.2) is 0 Å². The number of nitrogens with one attached hydrogen (secondary N) is 1. The number of alkyl halides is 3. The summed E-state index contributed by atoms with van der Waals surface area (Å²) in [5.41, 5.74) is -0.371. The Kier molecular flexibility index (Phi) is 4.63. The van der Waals surface area contributed by atoms with Gasteiger partial charge in [-0.1, -0.05) is 6.07 Å². The van der Waals surface area contributed by atoms with Gasteiger partial charge >= 0.3 is 6.18 Å². The van der Waals surface area contributed by atoms with Gasteiger partial charge < -0.3 is 4.55 Å². The molecule has 0 amide bonds. The average Bonchev–Trinajstić information content (AvgIpc) is 2.24. The second-order valence-corrected chi connectivity index (χ2v) is 6.80. The first-order valence-corrected chi connectivity index (χ1v) is 6.43. The van der Waals surface area contributed by atoms with Crippen LogP contribution in [0.2, 0.25) is 0 Å². The summed E-state index contributed by atoms with van der Waals surface area (Å²) in [5.74, 6) is 0. The molecule has 0 saturated heterocycles. The molecule has 0 aliphatic carbocycles. The van der Waals surface area contributed by atoms with Crippen molar-refractivity contribution in [1.29, 1.82) is 0 Å². The van der Waals surface area contributed by atoms with Crippen LogP contribution in [0.25, 0.3) is 0 Å². The van der Waals surface area contributed by atoms with Crippen molar-refractivity contribution in [1.82, 2.24) is 9.71 Å². The molecule has 0 fully saturated rings. The molecule has 1 rings (SSSR count). The first-order chi connectivity index (χ1) is 8.10. The molecule has 0 saturated carbocycles. The quantitative estimate of drug-likeness (QED) is 0.866. The molecule has 7 heteroatoms. The topological polar surface area (TPSA) is 48.0 Å². The van der Waals surface area contributed by atoms with E-state index in [1.807, 2.05) is 0 Å². The molecule has 1 atom stereocenters. The smallest absolute Gasteiger partial charge is 0.433 e. The standard InChI is InChI=1S/C11H15F3N2OS/c1-10(2,3)18(17)16-7-8-4-5-9(15-6-8)11(12,13)14/h4-6,16H,7H2,1-3H3. The Hall–Kier alpha value is -0.790. The zero-order valence-electron chi connectivity index (χ0n) is 10.3. The Labute approximate surface area is 107 Å². The van der Waals surface area contributed by atoms with Gasteiger partial charge in [-0.25, -0.2) is 0 Å². The van der Waals surface area contributed by atoms with Gasteiger partial charge in [0.25, 0.3) is 0 Å². The molecule has 1 unspecified atom stereocenters. The van der Waals surface area contributed by atoms with Gasteiger partial charge in [0, 0.05) is 17.6 Å². The fourth-order valence-corrected chi connectivity index (χ4v) is 1.79. The van der Waals surface area contributed by atoms with Crippen LogP contribution in [0.4, 0.5) is 13.2 Å². The van der Waals surface area contributed by atoms with Crippen molar-refractivity contribution in [2.45, 2.75) is 38.2 Å². The number of nitrogens with zero attached hydrogens (tertiary/aromatic N) is 1. The van der Waals surface area contributed by atoms with E-state index in [4.69, 9.17) is 0 Å². The lowest BCUT2D eigenvalue weighted by molar-refractivity contribution is -0.141. The highest BCUT2D eigenvalue weighted by Crippen LogP contribution is 2.27. The summed E-state index contributed by atoms with van der Waals surface area (Å²) in [6.45, 7) is 5.64. The fraction of sp³-hybridized carbons (Fsp3) is 0.545. The van der Waals surface area contributed by atoms with E-state index in [0.29, 0.717) is 5.56 Å². The number of hydrogen-bond acceptors (Lipinski definition) is 3. The lowest BCUT2D eigenvalue weighted by Gasteiger charge is -2.23. The third-order valence-corrected chi connectivity index (χ3v) is 3.60. The molecule has 18 heavy (non-hydrogen) atoms. The zero-order valence-corrected chi connectivity index (χ0v) is 11.2. The van der Waals surface area contributed by atoms with Gasteiger partial charge in [-0.05, 0) is 32.4 Å². The van der Waals surface area contributed by atoms with Crippen LogP contribution in [-0.4, -0.2) is 14.3 Å². The van der Waals surface area contributed by atoms with Crippen molar-refractivity contribution in [2.75, 3.05) is 0 Å². The maximum atomic E-state index is 12.3. The summed E-state index contributed by atoms with van der Waals surface area (Å²) in [6, 6.07) is 2.24. The van der Waals surface area contributed by atoms with E-state index in [2.05, 4.69) is 9.71 Å². The minimum Gasteiger partial charge on any atom is -0.598 e. The summed E-state index contributed by atoms with van der Waals surface area (Å²) in [6.07, 6.45) is -3.30. The Morgan fingerprint density at radius 1 is 1.28 bits per heavy atom. The summed E-state index contributed by atoms with van der Waals surface area (Å²) in [7, 11) is 0. The molecular weight excluding hydrogens is 265 g/mol. The molecule has 1 heterocycles. The molecule has 0 bridgehead atoms. The highest BCUT2D eigenvalue weighted by Gasteiger charge is 2.32. The molecule has 3 nitrogen and oxygen atoms in total. The first-order valence-electron chi connectivity index (χ1n) is 5.28. The van der Waals surface area contributed by atoms with Gasteiger partial charge in [-0.2, -0.15) is 13.2 Å². The van der Waals surface area contributed by atoms with Crippen LogP contribution < -0.4 is 4.72 Å². The summed E-state index contributed by atoms with van der Waals surface area (Å²) < 4.78 is 50.8. The average molecular weight is 280 g/mol. The van der Waals surface area contributed by atoms with Crippen LogP contribution in [0.5, 0.6) is 0 Å². The van der Waals surface area contributed by atoms with Crippen molar-refractivity contribution in [3.63, 3.8) is 0 Å². The van der Waals surface area contributed by atoms with Gasteiger partial charge in [0.2, 0.25) is 0 Å². The van der Waals surface area contributed by atoms with E-state index in [0.717, 1.165) is 12.3 Å². The molecular formula is C11H15F3N2OS. The maximum absolute atomic E-state index is 12.3. The first kappa shape index (κ1) is 15.3. The summed E-state index contributed by atoms with van der Waals surface area (Å²) in [4.78, 5) is 3.33. The molecule has 0 radical (unpaired) electrons. The lowest BCUT2D eigenvalue weighted by atomic mass is 10.2. The lowest BCUT2D eigenvalue weighted by Crippen LogP contribution is -2.38. The highest BCUT2D eigenvalue weighted by atomic mass is 32.2. The van der Waals surface area contributed by atoms with Gasteiger partial charge in [-0.3, -0.25) is 4.98 Å². The van der Waals surface area contributed by atoms with Gasteiger partial charge in [-0.15, -0.1) is 4.72 Å². The van der Waals surface area contributed by atoms with Crippen molar-refractivity contribution < 1.29 is 17.7 Å². The molecule has 1 aromatic heterocycles. The van der Waals surface area contributed by atoms with Crippen molar-refractivity contribution >= 4 is 11.4 Å².